The summed E-state index contributed by atoms with van der Waals surface area (Å²) < 4.78 is 6.99. The van der Waals surface area contributed by atoms with Crippen molar-refractivity contribution in [3.05, 3.63) is 12.5 Å². The van der Waals surface area contributed by atoms with E-state index in [0.29, 0.717) is 17.1 Å². The minimum absolute atomic E-state index is 0.155. The number of anilines is 1. The standard InChI is InChI=1S/C10H15N5O3/c1-11-10-12-2-8-9(14-10)15(5-13-8)6-18-7(3-16)4-17/h2,5,7,16-17H,3-4,6H2,1H3,(H,11,12,14). The van der Waals surface area contributed by atoms with Gasteiger partial charge in [0.15, 0.2) is 5.65 Å². The summed E-state index contributed by atoms with van der Waals surface area (Å²) >= 11 is 0. The Morgan fingerprint density at radius 1 is 1.39 bits per heavy atom. The number of hydrogen-bond acceptors (Lipinski definition) is 7. The third-order valence-corrected chi connectivity index (χ3v) is 2.44. The summed E-state index contributed by atoms with van der Waals surface area (Å²) in [6.45, 7) is -0.317. The highest BCUT2D eigenvalue weighted by Crippen LogP contribution is 2.11. The molecule has 0 unspecified atom stereocenters. The first kappa shape index (κ1) is 12.7. The molecular weight excluding hydrogens is 238 g/mol. The van der Waals surface area contributed by atoms with Gasteiger partial charge in [-0.15, -0.1) is 0 Å². The van der Waals surface area contributed by atoms with Gasteiger partial charge in [0.05, 0.1) is 25.7 Å². The van der Waals surface area contributed by atoms with Crippen molar-refractivity contribution in [1.82, 2.24) is 19.5 Å². The number of aliphatic hydroxyl groups is 2. The van der Waals surface area contributed by atoms with Gasteiger partial charge in [-0.3, -0.25) is 4.57 Å². The topological polar surface area (TPSA) is 105 Å². The van der Waals surface area contributed by atoms with Gasteiger partial charge in [0.25, 0.3) is 0 Å². The zero-order valence-corrected chi connectivity index (χ0v) is 9.94. The summed E-state index contributed by atoms with van der Waals surface area (Å²) in [7, 11) is 1.73. The van der Waals surface area contributed by atoms with Gasteiger partial charge in [-0.05, 0) is 0 Å². The first-order valence-corrected chi connectivity index (χ1v) is 5.47. The van der Waals surface area contributed by atoms with E-state index in [1.807, 2.05) is 0 Å². The van der Waals surface area contributed by atoms with E-state index in [0.717, 1.165) is 0 Å². The highest BCUT2D eigenvalue weighted by Gasteiger charge is 2.09. The number of aromatic nitrogens is 4. The Kier molecular flexibility index (Phi) is 4.03. The fraction of sp³-hybridized carbons (Fsp3) is 0.500. The fourth-order valence-corrected chi connectivity index (χ4v) is 1.42. The molecule has 0 spiro atoms. The molecular formula is C10H15N5O3. The second-order valence-electron chi connectivity index (χ2n) is 3.65. The fourth-order valence-electron chi connectivity index (χ4n) is 1.42. The van der Waals surface area contributed by atoms with Crippen molar-refractivity contribution in [1.29, 1.82) is 0 Å². The van der Waals surface area contributed by atoms with Gasteiger partial charge in [-0.25, -0.2) is 9.97 Å². The third-order valence-electron chi connectivity index (χ3n) is 2.44. The Balaban J connectivity index is 2.17. The summed E-state index contributed by atoms with van der Waals surface area (Å²) in [5.74, 6) is 0.491. The van der Waals surface area contributed by atoms with Gasteiger partial charge in [0.1, 0.15) is 18.4 Å². The van der Waals surface area contributed by atoms with Gasteiger partial charge in [0, 0.05) is 7.05 Å². The number of fused-ring (bicyclic) bond motifs is 1. The quantitative estimate of drug-likeness (QED) is 0.618. The summed E-state index contributed by atoms with van der Waals surface area (Å²) in [6, 6.07) is 0. The van der Waals surface area contributed by atoms with Crippen LogP contribution in [0.3, 0.4) is 0 Å². The van der Waals surface area contributed by atoms with Crippen LogP contribution in [-0.4, -0.2) is 56.1 Å². The van der Waals surface area contributed by atoms with Gasteiger partial charge >= 0.3 is 0 Å². The van der Waals surface area contributed by atoms with Crippen LogP contribution in [0.25, 0.3) is 11.2 Å². The first-order chi connectivity index (χ1) is 8.78. The predicted molar refractivity (Wildman–Crippen MR) is 63.9 cm³/mol. The minimum Gasteiger partial charge on any atom is -0.394 e. The van der Waals surface area contributed by atoms with Crippen LogP contribution in [0.4, 0.5) is 5.95 Å². The molecule has 0 fully saturated rings. The summed E-state index contributed by atoms with van der Waals surface area (Å²) in [5, 5.41) is 20.6. The Bertz CT molecular complexity index is 511. The lowest BCUT2D eigenvalue weighted by molar-refractivity contribution is -0.0488. The van der Waals surface area contributed by atoms with Crippen molar-refractivity contribution >= 4 is 17.1 Å². The highest BCUT2D eigenvalue weighted by molar-refractivity contribution is 5.70. The molecule has 0 saturated carbocycles. The van der Waals surface area contributed by atoms with E-state index in [4.69, 9.17) is 14.9 Å². The second-order valence-corrected chi connectivity index (χ2v) is 3.65. The summed E-state index contributed by atoms with van der Waals surface area (Å²) in [6.07, 6.45) is 2.58. The molecule has 0 saturated heterocycles. The number of nitrogens with one attached hydrogen (secondary N) is 1. The van der Waals surface area contributed by atoms with Crippen LogP contribution in [0.2, 0.25) is 0 Å². The number of aliphatic hydroxyl groups excluding tert-OH is 2. The largest absolute Gasteiger partial charge is 0.394 e. The molecule has 0 aliphatic heterocycles. The molecule has 8 heteroatoms. The van der Waals surface area contributed by atoms with Gasteiger partial charge < -0.3 is 20.3 Å². The van der Waals surface area contributed by atoms with Gasteiger partial charge in [0.2, 0.25) is 5.95 Å². The Morgan fingerprint density at radius 3 is 2.83 bits per heavy atom. The van der Waals surface area contributed by atoms with E-state index in [-0.39, 0.29) is 19.9 Å². The molecule has 0 aliphatic rings. The van der Waals surface area contributed by atoms with Crippen molar-refractivity contribution in [3.8, 4) is 0 Å². The zero-order chi connectivity index (χ0) is 13.0. The lowest BCUT2D eigenvalue weighted by Gasteiger charge is -2.12. The van der Waals surface area contributed by atoms with E-state index in [2.05, 4.69) is 20.3 Å². The number of imidazole rings is 1. The molecule has 2 rings (SSSR count). The molecule has 0 aliphatic carbocycles. The molecule has 98 valence electrons. The molecule has 8 nitrogen and oxygen atoms in total. The molecule has 2 aromatic rings. The molecule has 0 amide bonds. The molecule has 0 aromatic carbocycles. The molecule has 0 atom stereocenters. The normalized spacial score (nSPS) is 11.3. The van der Waals surface area contributed by atoms with Crippen LogP contribution >= 0.6 is 0 Å². The van der Waals surface area contributed by atoms with Crippen molar-refractivity contribution in [3.63, 3.8) is 0 Å². The Labute approximate surface area is 103 Å². The average molecular weight is 253 g/mol. The van der Waals surface area contributed by atoms with E-state index in [1.54, 1.807) is 24.1 Å². The maximum absolute atomic E-state index is 8.90. The van der Waals surface area contributed by atoms with Crippen LogP contribution in [0.5, 0.6) is 0 Å². The molecule has 3 N–H and O–H groups in total. The van der Waals surface area contributed by atoms with E-state index in [9.17, 15) is 0 Å². The van der Waals surface area contributed by atoms with Crippen LogP contribution < -0.4 is 5.32 Å². The zero-order valence-electron chi connectivity index (χ0n) is 9.94. The lowest BCUT2D eigenvalue weighted by Crippen LogP contribution is -2.23. The maximum atomic E-state index is 8.90. The van der Waals surface area contributed by atoms with Crippen LogP contribution in [-0.2, 0) is 11.5 Å². The van der Waals surface area contributed by atoms with Crippen molar-refractivity contribution in [2.45, 2.75) is 12.8 Å². The number of nitrogens with zero attached hydrogens (tertiary/aromatic N) is 4. The van der Waals surface area contributed by atoms with Crippen LogP contribution in [0, 0.1) is 0 Å². The van der Waals surface area contributed by atoms with Crippen molar-refractivity contribution < 1.29 is 14.9 Å². The van der Waals surface area contributed by atoms with E-state index < -0.39 is 6.10 Å². The monoisotopic (exact) mass is 253 g/mol. The van der Waals surface area contributed by atoms with Gasteiger partial charge in [-0.1, -0.05) is 0 Å². The minimum atomic E-state index is -0.604. The third kappa shape index (κ3) is 2.55. The molecule has 18 heavy (non-hydrogen) atoms. The first-order valence-electron chi connectivity index (χ1n) is 5.47. The highest BCUT2D eigenvalue weighted by atomic mass is 16.5. The SMILES string of the molecule is CNc1ncc2ncn(COC(CO)CO)c2n1. The molecule has 0 radical (unpaired) electrons. The smallest absolute Gasteiger partial charge is 0.224 e. The lowest BCUT2D eigenvalue weighted by atomic mass is 10.4. The second kappa shape index (κ2) is 5.71. The Hall–Kier alpha value is -1.77. The maximum Gasteiger partial charge on any atom is 0.224 e. The number of rotatable bonds is 6. The number of hydrogen-bond donors (Lipinski definition) is 3. The van der Waals surface area contributed by atoms with Crippen LogP contribution in [0.1, 0.15) is 0 Å². The van der Waals surface area contributed by atoms with Gasteiger partial charge in [-0.2, -0.15) is 4.98 Å². The number of ether oxygens (including phenoxy) is 1. The van der Waals surface area contributed by atoms with Crippen LogP contribution in [0.15, 0.2) is 12.5 Å². The predicted octanol–water partition coefficient (Wildman–Crippen LogP) is -0.805. The average Bonchev–Trinajstić information content (AvgIpc) is 2.82. The van der Waals surface area contributed by atoms with E-state index in [1.165, 1.54) is 0 Å². The molecule has 0 bridgehead atoms. The van der Waals surface area contributed by atoms with Crippen molar-refractivity contribution in [2.75, 3.05) is 25.6 Å². The molecule has 2 aromatic heterocycles. The van der Waals surface area contributed by atoms with Crippen molar-refractivity contribution in [2.24, 2.45) is 0 Å². The summed E-state index contributed by atoms with van der Waals surface area (Å²) in [4.78, 5) is 12.4. The van der Waals surface area contributed by atoms with E-state index >= 15 is 0 Å². The Morgan fingerprint density at radius 2 is 2.17 bits per heavy atom. The molecule has 2 heterocycles. The summed E-state index contributed by atoms with van der Waals surface area (Å²) in [5.41, 5.74) is 1.28.